The van der Waals surface area contributed by atoms with Crippen molar-refractivity contribution in [2.45, 2.75) is 0 Å². The molecule has 0 spiro atoms. The van der Waals surface area contributed by atoms with Gasteiger partial charge >= 0.3 is 0 Å². The monoisotopic (exact) mass is 204 g/mol. The number of phenolic OH excluding ortho intramolecular Hbond substituents is 1. The number of aromatic hydroxyl groups is 1. The van der Waals surface area contributed by atoms with E-state index in [1.807, 2.05) is 18.2 Å². The van der Waals surface area contributed by atoms with Crippen LogP contribution < -0.4 is 0 Å². The number of hydrogen-bond acceptors (Lipinski definition) is 3. The Bertz CT molecular complexity index is 443. The topological polar surface area (TPSA) is 33.4 Å². The molecule has 0 amide bonds. The second-order valence-electron chi connectivity index (χ2n) is 2.86. The summed E-state index contributed by atoms with van der Waals surface area (Å²) < 4.78 is 5.18. The SMILES string of the molecule is Oc1ccc(-c2ccoc2C=S)cc1. The van der Waals surface area contributed by atoms with Crippen LogP contribution in [0.3, 0.4) is 0 Å². The average molecular weight is 204 g/mol. The molecule has 0 aliphatic heterocycles. The summed E-state index contributed by atoms with van der Waals surface area (Å²) in [4.78, 5) is 0. The van der Waals surface area contributed by atoms with Crippen molar-refractivity contribution >= 4 is 17.6 Å². The van der Waals surface area contributed by atoms with Crippen molar-refractivity contribution in [3.63, 3.8) is 0 Å². The van der Waals surface area contributed by atoms with Gasteiger partial charge in [-0.2, -0.15) is 0 Å². The first-order chi connectivity index (χ1) is 6.81. The van der Waals surface area contributed by atoms with Gasteiger partial charge < -0.3 is 9.52 Å². The van der Waals surface area contributed by atoms with E-state index in [1.165, 1.54) is 5.37 Å². The number of phenols is 1. The number of rotatable bonds is 2. The molecule has 0 fully saturated rings. The van der Waals surface area contributed by atoms with Crippen LogP contribution in [0.15, 0.2) is 41.0 Å². The smallest absolute Gasteiger partial charge is 0.145 e. The minimum absolute atomic E-state index is 0.251. The van der Waals surface area contributed by atoms with Gasteiger partial charge in [-0.3, -0.25) is 0 Å². The summed E-state index contributed by atoms with van der Waals surface area (Å²) in [5.41, 5.74) is 1.92. The average Bonchev–Trinajstić information content (AvgIpc) is 2.67. The lowest BCUT2D eigenvalue weighted by Gasteiger charge is -1.98. The first-order valence-corrected chi connectivity index (χ1v) is 4.60. The number of furan rings is 1. The molecule has 1 aromatic carbocycles. The van der Waals surface area contributed by atoms with Crippen LogP contribution in [0.4, 0.5) is 0 Å². The Morgan fingerprint density at radius 2 is 1.86 bits per heavy atom. The molecular formula is C11H8O2S. The van der Waals surface area contributed by atoms with E-state index in [1.54, 1.807) is 18.4 Å². The zero-order chi connectivity index (χ0) is 9.97. The molecule has 0 saturated heterocycles. The van der Waals surface area contributed by atoms with Crippen molar-refractivity contribution < 1.29 is 9.52 Å². The second-order valence-corrected chi connectivity index (χ2v) is 3.10. The molecule has 0 aliphatic rings. The van der Waals surface area contributed by atoms with E-state index in [0.717, 1.165) is 11.1 Å². The fourth-order valence-electron chi connectivity index (χ4n) is 1.29. The van der Waals surface area contributed by atoms with Crippen molar-refractivity contribution in [1.29, 1.82) is 0 Å². The molecule has 0 atom stereocenters. The molecule has 2 aromatic rings. The summed E-state index contributed by atoms with van der Waals surface area (Å²) in [6, 6.07) is 8.76. The van der Waals surface area contributed by atoms with Crippen LogP contribution in [0.2, 0.25) is 0 Å². The van der Waals surface area contributed by atoms with Crippen LogP contribution in [0.1, 0.15) is 5.76 Å². The predicted octanol–water partition coefficient (Wildman–Crippen LogP) is 3.00. The molecule has 0 aliphatic carbocycles. The van der Waals surface area contributed by atoms with E-state index in [0.29, 0.717) is 5.76 Å². The highest BCUT2D eigenvalue weighted by Gasteiger charge is 2.05. The van der Waals surface area contributed by atoms with Crippen LogP contribution in [0, 0.1) is 0 Å². The Balaban J connectivity index is 2.49. The number of hydrogen-bond donors (Lipinski definition) is 1. The van der Waals surface area contributed by atoms with Gasteiger partial charge in [0.05, 0.1) is 6.26 Å². The molecular weight excluding hydrogens is 196 g/mol. The lowest BCUT2D eigenvalue weighted by atomic mass is 10.1. The zero-order valence-electron chi connectivity index (χ0n) is 7.31. The van der Waals surface area contributed by atoms with Gasteiger partial charge in [0.2, 0.25) is 0 Å². The molecule has 0 unspecified atom stereocenters. The van der Waals surface area contributed by atoms with Crippen LogP contribution in [0.25, 0.3) is 11.1 Å². The van der Waals surface area contributed by atoms with Gasteiger partial charge in [-0.15, -0.1) is 0 Å². The molecule has 2 nitrogen and oxygen atoms in total. The quantitative estimate of drug-likeness (QED) is 0.763. The minimum Gasteiger partial charge on any atom is -0.508 e. The van der Waals surface area contributed by atoms with Gasteiger partial charge in [0, 0.05) is 10.9 Å². The summed E-state index contributed by atoms with van der Waals surface area (Å²) in [6.07, 6.45) is 1.60. The van der Waals surface area contributed by atoms with Crippen LogP contribution in [-0.4, -0.2) is 10.5 Å². The van der Waals surface area contributed by atoms with Crippen LogP contribution >= 0.6 is 12.2 Å². The molecule has 1 heterocycles. The van der Waals surface area contributed by atoms with Gasteiger partial charge in [-0.05, 0) is 23.8 Å². The molecule has 1 aromatic heterocycles. The van der Waals surface area contributed by atoms with Crippen molar-refractivity contribution in [3.8, 4) is 16.9 Å². The van der Waals surface area contributed by atoms with Crippen molar-refractivity contribution in [1.82, 2.24) is 0 Å². The van der Waals surface area contributed by atoms with Gasteiger partial charge in [-0.1, -0.05) is 24.4 Å². The third kappa shape index (κ3) is 1.54. The predicted molar refractivity (Wildman–Crippen MR) is 58.6 cm³/mol. The van der Waals surface area contributed by atoms with E-state index >= 15 is 0 Å². The standard InChI is InChI=1S/C11H8O2S/c12-9-3-1-8(2-4-9)10-5-6-13-11(10)7-14/h1-7,12H. The van der Waals surface area contributed by atoms with Crippen LogP contribution in [0.5, 0.6) is 5.75 Å². The zero-order valence-corrected chi connectivity index (χ0v) is 8.12. The fourth-order valence-corrected chi connectivity index (χ4v) is 1.47. The Labute approximate surface area is 86.8 Å². The minimum atomic E-state index is 0.251. The lowest BCUT2D eigenvalue weighted by Crippen LogP contribution is -1.79. The van der Waals surface area contributed by atoms with Gasteiger partial charge in [0.25, 0.3) is 0 Å². The van der Waals surface area contributed by atoms with Gasteiger partial charge in [0.15, 0.2) is 0 Å². The molecule has 0 radical (unpaired) electrons. The Kier molecular flexibility index (Phi) is 2.33. The number of thiocarbonyl (C=S) groups is 1. The van der Waals surface area contributed by atoms with E-state index in [-0.39, 0.29) is 5.75 Å². The summed E-state index contributed by atoms with van der Waals surface area (Å²) in [5, 5.41) is 10.6. The molecule has 14 heavy (non-hydrogen) atoms. The molecule has 0 bridgehead atoms. The van der Waals surface area contributed by atoms with E-state index in [9.17, 15) is 0 Å². The highest BCUT2D eigenvalue weighted by atomic mass is 32.1. The van der Waals surface area contributed by atoms with Crippen LogP contribution in [-0.2, 0) is 0 Å². The summed E-state index contributed by atoms with van der Waals surface area (Å²) in [5.74, 6) is 0.923. The van der Waals surface area contributed by atoms with E-state index in [2.05, 4.69) is 0 Å². The Hall–Kier alpha value is -1.61. The first-order valence-electron chi connectivity index (χ1n) is 4.13. The fraction of sp³-hybridized carbons (Fsp3) is 0. The molecule has 70 valence electrons. The maximum Gasteiger partial charge on any atom is 0.145 e. The molecule has 0 saturated carbocycles. The van der Waals surface area contributed by atoms with Crippen molar-refractivity contribution in [3.05, 3.63) is 42.4 Å². The van der Waals surface area contributed by atoms with Gasteiger partial charge in [0.1, 0.15) is 11.5 Å². The lowest BCUT2D eigenvalue weighted by molar-refractivity contribution is 0.475. The number of benzene rings is 1. The summed E-state index contributed by atoms with van der Waals surface area (Å²) in [6.45, 7) is 0. The molecule has 2 rings (SSSR count). The maximum absolute atomic E-state index is 9.13. The maximum atomic E-state index is 9.13. The highest BCUT2D eigenvalue weighted by molar-refractivity contribution is 7.79. The molecule has 1 N–H and O–H groups in total. The highest BCUT2D eigenvalue weighted by Crippen LogP contribution is 2.25. The molecule has 3 heteroatoms. The van der Waals surface area contributed by atoms with Crippen molar-refractivity contribution in [2.75, 3.05) is 0 Å². The largest absolute Gasteiger partial charge is 0.508 e. The first kappa shape index (κ1) is 8.97. The van der Waals surface area contributed by atoms with Crippen molar-refractivity contribution in [2.24, 2.45) is 0 Å². The Morgan fingerprint density at radius 3 is 2.50 bits per heavy atom. The third-order valence-electron chi connectivity index (χ3n) is 1.98. The summed E-state index contributed by atoms with van der Waals surface area (Å²) in [7, 11) is 0. The van der Waals surface area contributed by atoms with Gasteiger partial charge in [-0.25, -0.2) is 0 Å². The Morgan fingerprint density at radius 1 is 1.14 bits per heavy atom. The third-order valence-corrected chi connectivity index (χ3v) is 2.19. The second kappa shape index (κ2) is 3.64. The van der Waals surface area contributed by atoms with E-state index in [4.69, 9.17) is 21.7 Å². The normalized spacial score (nSPS) is 10.0. The van der Waals surface area contributed by atoms with E-state index < -0.39 is 0 Å². The summed E-state index contributed by atoms with van der Waals surface area (Å²) >= 11 is 4.82.